The first-order chi connectivity index (χ1) is 11.3. The van der Waals surface area contributed by atoms with Crippen LogP contribution in [-0.2, 0) is 9.47 Å². The van der Waals surface area contributed by atoms with Crippen molar-refractivity contribution in [1.82, 2.24) is 0 Å². The topological polar surface area (TPSA) is 27.7 Å². The molecule has 3 rings (SSSR count). The van der Waals surface area contributed by atoms with Gasteiger partial charge in [0.05, 0.1) is 20.3 Å². The van der Waals surface area contributed by atoms with E-state index in [1.54, 1.807) is 12.6 Å². The molecule has 0 radical (unpaired) electrons. The molecule has 1 saturated heterocycles. The zero-order valence-electron chi connectivity index (χ0n) is 13.6. The van der Waals surface area contributed by atoms with Crippen LogP contribution in [0.2, 0.25) is 0 Å². The Bertz CT molecular complexity index is 498. The molecule has 1 aliphatic heterocycles. The molecule has 0 bridgehead atoms. The summed E-state index contributed by atoms with van der Waals surface area (Å²) in [4.78, 5) is 0. The van der Waals surface area contributed by atoms with E-state index in [9.17, 15) is 0 Å². The highest BCUT2D eigenvalue weighted by Crippen LogP contribution is 2.35. The SMILES string of the molecule is COc1ccc(C2COC(C3CCC(/C=C/Cl)CC3)OC2)cc1. The van der Waals surface area contributed by atoms with Gasteiger partial charge in [-0.2, -0.15) is 0 Å². The molecular weight excluding hydrogens is 312 g/mol. The first-order valence-electron chi connectivity index (χ1n) is 8.44. The van der Waals surface area contributed by atoms with Gasteiger partial charge in [0, 0.05) is 17.4 Å². The predicted molar refractivity (Wildman–Crippen MR) is 91.9 cm³/mol. The van der Waals surface area contributed by atoms with Crippen molar-refractivity contribution < 1.29 is 14.2 Å². The standard InChI is InChI=1S/C19H25ClO3/c1-21-18-8-6-15(7-9-18)17-12-22-19(23-13-17)16-4-2-14(3-5-16)10-11-20/h6-11,14,16-17,19H,2-5,12-13H2,1H3/b11-10+. The molecule has 1 aromatic carbocycles. The molecule has 0 amide bonds. The summed E-state index contributed by atoms with van der Waals surface area (Å²) in [7, 11) is 1.68. The van der Waals surface area contributed by atoms with Crippen molar-refractivity contribution >= 4 is 11.6 Å². The average Bonchev–Trinajstić information content (AvgIpc) is 2.63. The van der Waals surface area contributed by atoms with Gasteiger partial charge in [-0.25, -0.2) is 0 Å². The quantitative estimate of drug-likeness (QED) is 0.797. The molecule has 1 heterocycles. The van der Waals surface area contributed by atoms with Crippen molar-refractivity contribution in [2.75, 3.05) is 20.3 Å². The van der Waals surface area contributed by atoms with E-state index < -0.39 is 0 Å². The third-order valence-electron chi connectivity index (χ3n) is 5.06. The van der Waals surface area contributed by atoms with E-state index in [2.05, 4.69) is 18.2 Å². The highest BCUT2D eigenvalue weighted by Gasteiger charge is 2.32. The highest BCUT2D eigenvalue weighted by atomic mass is 35.5. The second-order valence-corrected chi connectivity index (χ2v) is 6.75. The Labute approximate surface area is 143 Å². The lowest BCUT2D eigenvalue weighted by Gasteiger charge is -2.37. The maximum Gasteiger partial charge on any atom is 0.160 e. The van der Waals surface area contributed by atoms with E-state index >= 15 is 0 Å². The van der Waals surface area contributed by atoms with Gasteiger partial charge in [0.2, 0.25) is 0 Å². The molecule has 23 heavy (non-hydrogen) atoms. The van der Waals surface area contributed by atoms with E-state index in [-0.39, 0.29) is 6.29 Å². The van der Waals surface area contributed by atoms with E-state index in [1.165, 1.54) is 18.4 Å². The smallest absolute Gasteiger partial charge is 0.160 e. The monoisotopic (exact) mass is 336 g/mol. The number of ether oxygens (including phenoxy) is 3. The lowest BCUT2D eigenvalue weighted by atomic mass is 9.81. The molecule has 1 saturated carbocycles. The lowest BCUT2D eigenvalue weighted by molar-refractivity contribution is -0.217. The summed E-state index contributed by atoms with van der Waals surface area (Å²) in [6.07, 6.45) is 6.75. The maximum absolute atomic E-state index is 6.04. The molecule has 2 aliphatic rings. The van der Waals surface area contributed by atoms with Crippen molar-refractivity contribution in [3.05, 3.63) is 41.4 Å². The summed E-state index contributed by atoms with van der Waals surface area (Å²) < 4.78 is 17.3. The Morgan fingerprint density at radius 1 is 1.04 bits per heavy atom. The van der Waals surface area contributed by atoms with E-state index in [0.717, 1.165) is 31.8 Å². The Hall–Kier alpha value is -1.03. The Morgan fingerprint density at radius 2 is 1.70 bits per heavy atom. The van der Waals surface area contributed by atoms with Crippen LogP contribution < -0.4 is 4.74 Å². The molecule has 1 aliphatic carbocycles. The molecule has 0 atom stereocenters. The molecule has 1 aromatic rings. The molecular formula is C19H25ClO3. The average molecular weight is 337 g/mol. The number of hydrogen-bond donors (Lipinski definition) is 0. The van der Waals surface area contributed by atoms with Crippen LogP contribution in [0.5, 0.6) is 5.75 Å². The van der Waals surface area contributed by atoms with Crippen molar-refractivity contribution in [2.45, 2.75) is 37.9 Å². The number of rotatable bonds is 4. The minimum atomic E-state index is -0.0366. The van der Waals surface area contributed by atoms with Crippen LogP contribution >= 0.6 is 11.6 Å². The number of hydrogen-bond acceptors (Lipinski definition) is 3. The lowest BCUT2D eigenvalue weighted by Crippen LogP contribution is -2.37. The molecule has 126 valence electrons. The van der Waals surface area contributed by atoms with Crippen molar-refractivity contribution in [2.24, 2.45) is 11.8 Å². The normalized spacial score (nSPS) is 32.1. The minimum Gasteiger partial charge on any atom is -0.497 e. The van der Waals surface area contributed by atoms with Gasteiger partial charge in [0.1, 0.15) is 5.75 Å². The number of benzene rings is 1. The molecule has 3 nitrogen and oxygen atoms in total. The van der Waals surface area contributed by atoms with Gasteiger partial charge in [0.25, 0.3) is 0 Å². The Morgan fingerprint density at radius 3 is 2.26 bits per heavy atom. The predicted octanol–water partition coefficient (Wildman–Crippen LogP) is 4.71. The molecule has 0 aromatic heterocycles. The zero-order valence-corrected chi connectivity index (χ0v) is 14.4. The summed E-state index contributed by atoms with van der Waals surface area (Å²) in [6.45, 7) is 1.47. The van der Waals surface area contributed by atoms with Gasteiger partial charge in [-0.15, -0.1) is 0 Å². The number of halogens is 1. The molecule has 4 heteroatoms. The van der Waals surface area contributed by atoms with Crippen LogP contribution in [0.3, 0.4) is 0 Å². The van der Waals surface area contributed by atoms with Gasteiger partial charge in [-0.3, -0.25) is 0 Å². The van der Waals surface area contributed by atoms with Gasteiger partial charge in [-0.05, 0) is 49.3 Å². The third kappa shape index (κ3) is 4.28. The summed E-state index contributed by atoms with van der Waals surface area (Å²) in [5.74, 6) is 2.34. The van der Waals surface area contributed by atoms with Crippen LogP contribution in [0.4, 0.5) is 0 Å². The zero-order chi connectivity index (χ0) is 16.1. The largest absolute Gasteiger partial charge is 0.497 e. The van der Waals surface area contributed by atoms with Crippen LogP contribution in [-0.4, -0.2) is 26.6 Å². The van der Waals surface area contributed by atoms with Crippen LogP contribution in [0.25, 0.3) is 0 Å². The van der Waals surface area contributed by atoms with E-state index in [4.69, 9.17) is 25.8 Å². The summed E-state index contributed by atoms with van der Waals surface area (Å²) in [5.41, 5.74) is 2.90. The van der Waals surface area contributed by atoms with Crippen molar-refractivity contribution in [3.63, 3.8) is 0 Å². The summed E-state index contributed by atoms with van der Waals surface area (Å²) in [5, 5.41) is 0. The van der Waals surface area contributed by atoms with Crippen LogP contribution in [0.15, 0.2) is 35.9 Å². The Kier molecular flexibility index (Phi) is 5.98. The van der Waals surface area contributed by atoms with Crippen molar-refractivity contribution in [3.8, 4) is 5.75 Å². The van der Waals surface area contributed by atoms with Crippen LogP contribution in [0.1, 0.15) is 37.2 Å². The summed E-state index contributed by atoms with van der Waals surface area (Å²) in [6, 6.07) is 8.18. The van der Waals surface area contributed by atoms with Crippen molar-refractivity contribution in [1.29, 1.82) is 0 Å². The fraction of sp³-hybridized carbons (Fsp3) is 0.579. The highest BCUT2D eigenvalue weighted by molar-refractivity contribution is 6.25. The van der Waals surface area contributed by atoms with Gasteiger partial charge in [-0.1, -0.05) is 29.8 Å². The van der Waals surface area contributed by atoms with Gasteiger partial charge < -0.3 is 14.2 Å². The minimum absolute atomic E-state index is 0.0366. The van der Waals surface area contributed by atoms with E-state index in [1.807, 2.05) is 12.1 Å². The number of allylic oxidation sites excluding steroid dienone is 1. The molecule has 0 unspecified atom stereocenters. The fourth-order valence-corrected chi connectivity index (χ4v) is 3.78. The molecule has 2 fully saturated rings. The molecule has 0 N–H and O–H groups in total. The molecule has 0 spiro atoms. The first-order valence-corrected chi connectivity index (χ1v) is 8.88. The van der Waals surface area contributed by atoms with Gasteiger partial charge in [0.15, 0.2) is 6.29 Å². The van der Waals surface area contributed by atoms with Gasteiger partial charge >= 0.3 is 0 Å². The second kappa shape index (κ2) is 8.18. The number of methoxy groups -OCH3 is 1. The van der Waals surface area contributed by atoms with Crippen LogP contribution in [0, 0.1) is 11.8 Å². The maximum atomic E-state index is 6.04. The van der Waals surface area contributed by atoms with E-state index in [0.29, 0.717) is 17.8 Å². The summed E-state index contributed by atoms with van der Waals surface area (Å²) >= 11 is 5.68. The first kappa shape index (κ1) is 16.8. The Balaban J connectivity index is 1.48. The third-order valence-corrected chi connectivity index (χ3v) is 5.20. The fourth-order valence-electron chi connectivity index (χ4n) is 3.57. The second-order valence-electron chi connectivity index (χ2n) is 6.50.